The van der Waals surface area contributed by atoms with E-state index >= 15 is 0 Å². The van der Waals surface area contributed by atoms with Gasteiger partial charge in [0.05, 0.1) is 13.2 Å². The predicted molar refractivity (Wildman–Crippen MR) is 74.6 cm³/mol. The van der Waals surface area contributed by atoms with Gasteiger partial charge in [0.25, 0.3) is 0 Å². The summed E-state index contributed by atoms with van der Waals surface area (Å²) in [4.78, 5) is 2.47. The van der Waals surface area contributed by atoms with Gasteiger partial charge in [0.2, 0.25) is 0 Å². The lowest BCUT2D eigenvalue weighted by molar-refractivity contribution is -0.0111. The average molecular weight is 248 g/mol. The van der Waals surface area contributed by atoms with E-state index < -0.39 is 0 Å². The second-order valence-electron chi connectivity index (χ2n) is 5.10. The summed E-state index contributed by atoms with van der Waals surface area (Å²) in [6.07, 6.45) is 1.13. The Labute approximate surface area is 110 Å². The Bertz CT molecular complexity index is 381. The third-order valence-electron chi connectivity index (χ3n) is 3.84. The molecule has 2 N–H and O–H groups in total. The maximum absolute atomic E-state index is 6.36. The lowest BCUT2D eigenvalue weighted by Crippen LogP contribution is -2.47. The van der Waals surface area contributed by atoms with Gasteiger partial charge in [0.1, 0.15) is 0 Å². The monoisotopic (exact) mass is 248 g/mol. The normalized spacial score (nSPS) is 22.9. The van der Waals surface area contributed by atoms with Crippen LogP contribution in [0.15, 0.2) is 24.3 Å². The van der Waals surface area contributed by atoms with E-state index in [-0.39, 0.29) is 6.04 Å². The Kier molecular flexibility index (Phi) is 4.75. The highest BCUT2D eigenvalue weighted by Crippen LogP contribution is 2.19. The van der Waals surface area contributed by atoms with Gasteiger partial charge in [0, 0.05) is 25.2 Å². The molecule has 0 aromatic heterocycles. The Hall–Kier alpha value is -0.900. The maximum atomic E-state index is 6.36. The smallest absolute Gasteiger partial charge is 0.0622 e. The van der Waals surface area contributed by atoms with Crippen molar-refractivity contribution < 1.29 is 4.74 Å². The van der Waals surface area contributed by atoms with Gasteiger partial charge in [0.15, 0.2) is 0 Å². The first-order valence-electron chi connectivity index (χ1n) is 6.85. The first-order chi connectivity index (χ1) is 8.72. The van der Waals surface area contributed by atoms with Crippen molar-refractivity contribution in [3.8, 4) is 0 Å². The topological polar surface area (TPSA) is 38.5 Å². The summed E-state index contributed by atoms with van der Waals surface area (Å²) in [5.74, 6) is 0. The van der Waals surface area contributed by atoms with Gasteiger partial charge in [-0.3, -0.25) is 4.90 Å². The van der Waals surface area contributed by atoms with Crippen molar-refractivity contribution in [1.29, 1.82) is 0 Å². The fraction of sp³-hybridized carbons (Fsp3) is 0.600. The first-order valence-corrected chi connectivity index (χ1v) is 6.85. The molecule has 2 rings (SSSR count). The second-order valence-corrected chi connectivity index (χ2v) is 5.10. The summed E-state index contributed by atoms with van der Waals surface area (Å²) in [7, 11) is 0. The van der Waals surface area contributed by atoms with Crippen LogP contribution >= 0.6 is 0 Å². The minimum absolute atomic E-state index is 0.0957. The molecule has 18 heavy (non-hydrogen) atoms. The van der Waals surface area contributed by atoms with Crippen molar-refractivity contribution in [2.24, 2.45) is 5.73 Å². The summed E-state index contributed by atoms with van der Waals surface area (Å²) in [6.45, 7) is 7.94. The number of benzene rings is 1. The quantitative estimate of drug-likeness (QED) is 0.887. The van der Waals surface area contributed by atoms with E-state index in [4.69, 9.17) is 10.5 Å². The average Bonchev–Trinajstić information content (AvgIpc) is 2.39. The van der Waals surface area contributed by atoms with Crippen LogP contribution < -0.4 is 5.73 Å². The minimum atomic E-state index is 0.0957. The van der Waals surface area contributed by atoms with Crippen molar-refractivity contribution >= 4 is 0 Å². The molecule has 0 spiro atoms. The van der Waals surface area contributed by atoms with Crippen molar-refractivity contribution in [3.05, 3.63) is 35.4 Å². The van der Waals surface area contributed by atoms with Crippen molar-refractivity contribution in [1.82, 2.24) is 4.90 Å². The molecule has 2 unspecified atom stereocenters. The van der Waals surface area contributed by atoms with E-state index in [1.807, 2.05) is 0 Å². The van der Waals surface area contributed by atoms with Crippen LogP contribution in [0.1, 0.15) is 30.5 Å². The molecule has 1 aromatic carbocycles. The number of hydrogen-bond donors (Lipinski definition) is 1. The number of ether oxygens (including phenoxy) is 1. The van der Waals surface area contributed by atoms with Crippen LogP contribution in [-0.2, 0) is 4.74 Å². The molecule has 3 nitrogen and oxygen atoms in total. The van der Waals surface area contributed by atoms with Crippen LogP contribution in [0.2, 0.25) is 0 Å². The Morgan fingerprint density at radius 2 is 2.22 bits per heavy atom. The van der Waals surface area contributed by atoms with Gasteiger partial charge < -0.3 is 10.5 Å². The number of nitrogens with two attached hydrogens (primary N) is 1. The Balaban J connectivity index is 2.02. The largest absolute Gasteiger partial charge is 0.378 e. The molecule has 0 saturated carbocycles. The molecule has 1 heterocycles. The van der Waals surface area contributed by atoms with Crippen molar-refractivity contribution in [2.75, 3.05) is 26.3 Å². The first kappa shape index (κ1) is 13.5. The number of morpholine rings is 1. The van der Waals surface area contributed by atoms with Crippen LogP contribution in [0.4, 0.5) is 0 Å². The second kappa shape index (κ2) is 6.32. The summed E-state index contributed by atoms with van der Waals surface area (Å²) >= 11 is 0. The summed E-state index contributed by atoms with van der Waals surface area (Å²) in [5, 5.41) is 0. The molecule has 0 bridgehead atoms. The van der Waals surface area contributed by atoms with Gasteiger partial charge in [-0.1, -0.05) is 31.2 Å². The van der Waals surface area contributed by atoms with Gasteiger partial charge in [-0.25, -0.2) is 0 Å². The van der Waals surface area contributed by atoms with Crippen LogP contribution in [0.5, 0.6) is 0 Å². The minimum Gasteiger partial charge on any atom is -0.378 e. The fourth-order valence-electron chi connectivity index (χ4n) is 2.66. The zero-order chi connectivity index (χ0) is 13.0. The van der Waals surface area contributed by atoms with E-state index in [9.17, 15) is 0 Å². The van der Waals surface area contributed by atoms with Gasteiger partial charge >= 0.3 is 0 Å². The van der Waals surface area contributed by atoms with Crippen molar-refractivity contribution in [3.63, 3.8) is 0 Å². The maximum Gasteiger partial charge on any atom is 0.0622 e. The molecule has 1 aliphatic heterocycles. The van der Waals surface area contributed by atoms with Crippen molar-refractivity contribution in [2.45, 2.75) is 32.4 Å². The van der Waals surface area contributed by atoms with Crippen LogP contribution in [0, 0.1) is 6.92 Å². The molecule has 1 saturated heterocycles. The summed E-state index contributed by atoms with van der Waals surface area (Å²) < 4.78 is 5.53. The van der Waals surface area contributed by atoms with Gasteiger partial charge in [-0.05, 0) is 24.5 Å². The molecular weight excluding hydrogens is 224 g/mol. The molecule has 0 aliphatic carbocycles. The van der Waals surface area contributed by atoms with E-state index in [1.54, 1.807) is 0 Å². The molecule has 3 heteroatoms. The lowest BCUT2D eigenvalue weighted by Gasteiger charge is -2.36. The highest BCUT2D eigenvalue weighted by atomic mass is 16.5. The van der Waals surface area contributed by atoms with Crippen LogP contribution in [0.25, 0.3) is 0 Å². The fourth-order valence-corrected chi connectivity index (χ4v) is 2.66. The molecule has 1 fully saturated rings. The molecule has 1 aromatic rings. The number of rotatable bonds is 4. The number of hydrogen-bond acceptors (Lipinski definition) is 3. The molecule has 0 amide bonds. The van der Waals surface area contributed by atoms with Gasteiger partial charge in [-0.2, -0.15) is 0 Å². The third-order valence-corrected chi connectivity index (χ3v) is 3.84. The number of nitrogens with zero attached hydrogens (tertiary/aromatic N) is 1. The third kappa shape index (κ3) is 3.10. The molecule has 0 radical (unpaired) electrons. The number of aryl methyl sites for hydroxylation is 1. The zero-order valence-corrected chi connectivity index (χ0v) is 11.4. The molecular formula is C15H24N2O. The Morgan fingerprint density at radius 3 is 2.94 bits per heavy atom. The SMILES string of the molecule is CCC1COCCN1CC(N)c1ccccc1C. The molecule has 2 atom stereocenters. The van der Waals surface area contributed by atoms with E-state index in [1.165, 1.54) is 11.1 Å². The summed E-state index contributed by atoms with van der Waals surface area (Å²) in [5.41, 5.74) is 8.91. The molecule has 100 valence electrons. The lowest BCUT2D eigenvalue weighted by atomic mass is 10.0. The highest BCUT2D eigenvalue weighted by Gasteiger charge is 2.23. The Morgan fingerprint density at radius 1 is 1.44 bits per heavy atom. The van der Waals surface area contributed by atoms with E-state index in [2.05, 4.69) is 43.0 Å². The van der Waals surface area contributed by atoms with E-state index in [0.717, 1.165) is 32.7 Å². The van der Waals surface area contributed by atoms with Crippen LogP contribution in [-0.4, -0.2) is 37.2 Å². The van der Waals surface area contributed by atoms with Gasteiger partial charge in [-0.15, -0.1) is 0 Å². The van der Waals surface area contributed by atoms with E-state index in [0.29, 0.717) is 6.04 Å². The predicted octanol–water partition coefficient (Wildman–Crippen LogP) is 2.11. The standard InChI is InChI=1S/C15H24N2O/c1-3-13-11-18-9-8-17(13)10-15(16)14-7-5-4-6-12(14)2/h4-7,13,15H,3,8-11,16H2,1-2H3. The molecule has 1 aliphatic rings. The zero-order valence-electron chi connectivity index (χ0n) is 11.4. The van der Waals surface area contributed by atoms with Crippen LogP contribution in [0.3, 0.4) is 0 Å². The highest BCUT2D eigenvalue weighted by molar-refractivity contribution is 5.28. The summed E-state index contributed by atoms with van der Waals surface area (Å²) in [6, 6.07) is 9.02.